The van der Waals surface area contributed by atoms with Crippen LogP contribution < -0.4 is 23.5 Å². The summed E-state index contributed by atoms with van der Waals surface area (Å²) in [7, 11) is 5.02. The summed E-state index contributed by atoms with van der Waals surface area (Å²) in [6.45, 7) is 3.48. The molecule has 2 heterocycles. The Kier molecular flexibility index (Phi) is 4.52. The third-order valence-electron chi connectivity index (χ3n) is 5.09. The molecule has 5 nitrogen and oxygen atoms in total. The van der Waals surface area contributed by atoms with Crippen molar-refractivity contribution < 1.29 is 23.5 Å². The van der Waals surface area contributed by atoms with Crippen LogP contribution in [0.5, 0.6) is 23.0 Å². The molecule has 0 N–H and O–H groups in total. The van der Waals surface area contributed by atoms with Crippen LogP contribution in [-0.4, -0.2) is 27.9 Å². The third kappa shape index (κ3) is 2.83. The average molecular weight is 366 g/mol. The zero-order chi connectivity index (χ0) is 19.0. The molecule has 2 aromatic carbocycles. The van der Waals surface area contributed by atoms with Gasteiger partial charge in [-0.25, -0.2) is 0 Å². The Hall–Kier alpha value is -2.95. The van der Waals surface area contributed by atoms with Crippen LogP contribution in [0.3, 0.4) is 0 Å². The number of ether oxygens (including phenoxy) is 4. The Balaban J connectivity index is 1.93. The maximum atomic E-state index is 5.79. The second-order valence-electron chi connectivity index (χ2n) is 6.50. The molecule has 0 saturated heterocycles. The molecule has 27 heavy (non-hydrogen) atoms. The Bertz CT molecular complexity index is 1010. The molecule has 0 saturated carbocycles. The summed E-state index contributed by atoms with van der Waals surface area (Å²) in [5.74, 6) is 3.07. The molecule has 5 heteroatoms. The largest absolute Gasteiger partial charge is 0.493 e. The molecule has 0 bridgehead atoms. The van der Waals surface area contributed by atoms with E-state index in [4.69, 9.17) is 18.9 Å². The van der Waals surface area contributed by atoms with E-state index in [0.717, 1.165) is 46.7 Å². The predicted octanol–water partition coefficient (Wildman–Crippen LogP) is 3.77. The van der Waals surface area contributed by atoms with E-state index >= 15 is 0 Å². The van der Waals surface area contributed by atoms with E-state index < -0.39 is 0 Å². The number of aryl methyl sites for hydroxylation is 2. The summed E-state index contributed by atoms with van der Waals surface area (Å²) in [5, 5.41) is 2.16. The first-order valence-corrected chi connectivity index (χ1v) is 9.12. The number of benzene rings is 2. The van der Waals surface area contributed by atoms with Gasteiger partial charge in [0.15, 0.2) is 35.7 Å². The Morgan fingerprint density at radius 3 is 2.44 bits per heavy atom. The van der Waals surface area contributed by atoms with Crippen molar-refractivity contribution in [2.75, 3.05) is 27.9 Å². The third-order valence-corrected chi connectivity index (χ3v) is 5.09. The maximum absolute atomic E-state index is 5.79. The van der Waals surface area contributed by atoms with Gasteiger partial charge in [0.1, 0.15) is 0 Å². The van der Waals surface area contributed by atoms with Crippen LogP contribution >= 0.6 is 0 Å². The SMILES string of the molecule is CCOc1cc2c(cc1OC)CC[n+]1cc3c(OC)c(OC)ccc3cc1-2. The minimum Gasteiger partial charge on any atom is -0.493 e. The van der Waals surface area contributed by atoms with Crippen LogP contribution in [0.1, 0.15) is 12.5 Å². The van der Waals surface area contributed by atoms with Crippen LogP contribution in [0.15, 0.2) is 36.5 Å². The lowest BCUT2D eigenvalue weighted by atomic mass is 9.95. The lowest BCUT2D eigenvalue weighted by molar-refractivity contribution is -0.686. The maximum Gasteiger partial charge on any atom is 0.213 e. The molecule has 3 aromatic rings. The van der Waals surface area contributed by atoms with Gasteiger partial charge in [0.2, 0.25) is 5.69 Å². The fourth-order valence-electron chi connectivity index (χ4n) is 3.81. The molecule has 0 unspecified atom stereocenters. The standard InChI is InChI=1S/C22H24NO4/c1-5-27-21-12-16-15(11-20(21)25-3)8-9-23-13-17-14(10-18(16)23)6-7-19(24-2)22(17)26-4/h6-7,10-13H,5,8-9H2,1-4H3/q+1. The quantitative estimate of drug-likeness (QED) is 0.645. The smallest absolute Gasteiger partial charge is 0.213 e. The number of nitrogens with zero attached hydrogens (tertiary/aromatic N) is 1. The molecule has 0 radical (unpaired) electrons. The van der Waals surface area contributed by atoms with Crippen molar-refractivity contribution in [2.45, 2.75) is 19.9 Å². The molecule has 0 fully saturated rings. The fourth-order valence-corrected chi connectivity index (χ4v) is 3.81. The highest BCUT2D eigenvalue weighted by atomic mass is 16.5. The molecule has 1 aliphatic rings. The molecule has 0 amide bonds. The minimum absolute atomic E-state index is 0.601. The van der Waals surface area contributed by atoms with Crippen molar-refractivity contribution in [1.29, 1.82) is 0 Å². The normalized spacial score (nSPS) is 12.3. The molecule has 4 rings (SSSR count). The lowest BCUT2D eigenvalue weighted by Gasteiger charge is -2.19. The van der Waals surface area contributed by atoms with Gasteiger partial charge in [-0.1, -0.05) is 0 Å². The van der Waals surface area contributed by atoms with Crippen LogP contribution in [0, 0.1) is 0 Å². The summed E-state index contributed by atoms with van der Waals surface area (Å²) in [4.78, 5) is 0. The number of rotatable bonds is 5. The van der Waals surface area contributed by atoms with Gasteiger partial charge in [-0.3, -0.25) is 0 Å². The highest BCUT2D eigenvalue weighted by Gasteiger charge is 2.27. The van der Waals surface area contributed by atoms with Crippen molar-refractivity contribution in [3.05, 3.63) is 42.1 Å². The Morgan fingerprint density at radius 2 is 1.74 bits per heavy atom. The van der Waals surface area contributed by atoms with E-state index in [-0.39, 0.29) is 0 Å². The fraction of sp³-hybridized carbons (Fsp3) is 0.318. The van der Waals surface area contributed by atoms with Crippen molar-refractivity contribution in [1.82, 2.24) is 0 Å². The number of hydrogen-bond donors (Lipinski definition) is 0. The molecule has 140 valence electrons. The van der Waals surface area contributed by atoms with Crippen molar-refractivity contribution in [2.24, 2.45) is 0 Å². The summed E-state index contributed by atoms with van der Waals surface area (Å²) in [5.41, 5.74) is 3.62. The average Bonchev–Trinajstić information content (AvgIpc) is 2.71. The minimum atomic E-state index is 0.601. The molecule has 0 spiro atoms. The van der Waals surface area contributed by atoms with Crippen LogP contribution in [0.4, 0.5) is 0 Å². The number of hydrogen-bond acceptors (Lipinski definition) is 4. The molecular weight excluding hydrogens is 342 g/mol. The highest BCUT2D eigenvalue weighted by molar-refractivity contribution is 5.91. The molecular formula is C22H24NO4+. The second kappa shape index (κ2) is 6.99. The van der Waals surface area contributed by atoms with Crippen molar-refractivity contribution in [3.8, 4) is 34.3 Å². The van der Waals surface area contributed by atoms with Crippen LogP contribution in [-0.2, 0) is 13.0 Å². The van der Waals surface area contributed by atoms with Crippen LogP contribution in [0.25, 0.3) is 22.0 Å². The van der Waals surface area contributed by atoms with E-state index in [2.05, 4.69) is 35.0 Å². The summed E-state index contributed by atoms with van der Waals surface area (Å²) >= 11 is 0. The highest BCUT2D eigenvalue weighted by Crippen LogP contribution is 2.40. The van der Waals surface area contributed by atoms with Gasteiger partial charge in [0.25, 0.3) is 0 Å². The number of aromatic nitrogens is 1. The monoisotopic (exact) mass is 366 g/mol. The second-order valence-corrected chi connectivity index (χ2v) is 6.50. The lowest BCUT2D eigenvalue weighted by Crippen LogP contribution is -2.40. The molecule has 0 atom stereocenters. The first-order chi connectivity index (χ1) is 13.2. The first kappa shape index (κ1) is 17.5. The van der Waals surface area contributed by atoms with Crippen molar-refractivity contribution in [3.63, 3.8) is 0 Å². The number of methoxy groups -OCH3 is 3. The first-order valence-electron chi connectivity index (χ1n) is 9.12. The zero-order valence-corrected chi connectivity index (χ0v) is 16.2. The van der Waals surface area contributed by atoms with Crippen LogP contribution in [0.2, 0.25) is 0 Å². The van der Waals surface area contributed by atoms with Gasteiger partial charge in [0.05, 0.1) is 38.9 Å². The Labute approximate surface area is 159 Å². The van der Waals surface area contributed by atoms with E-state index in [1.54, 1.807) is 21.3 Å². The van der Waals surface area contributed by atoms with E-state index in [1.165, 1.54) is 16.8 Å². The molecule has 1 aliphatic heterocycles. The molecule has 1 aromatic heterocycles. The van der Waals surface area contributed by atoms with Gasteiger partial charge < -0.3 is 18.9 Å². The summed E-state index contributed by atoms with van der Waals surface area (Å²) < 4.78 is 24.6. The van der Waals surface area contributed by atoms with Gasteiger partial charge >= 0.3 is 0 Å². The molecule has 0 aliphatic carbocycles. The van der Waals surface area contributed by atoms with E-state index in [1.807, 2.05) is 13.0 Å². The van der Waals surface area contributed by atoms with Crippen molar-refractivity contribution >= 4 is 10.8 Å². The summed E-state index contributed by atoms with van der Waals surface area (Å²) in [6, 6.07) is 10.4. The number of pyridine rings is 1. The predicted molar refractivity (Wildman–Crippen MR) is 104 cm³/mol. The van der Waals surface area contributed by atoms with Gasteiger partial charge in [-0.05, 0) is 42.1 Å². The van der Waals surface area contributed by atoms with Gasteiger partial charge in [-0.15, -0.1) is 0 Å². The topological polar surface area (TPSA) is 40.8 Å². The van der Waals surface area contributed by atoms with E-state index in [9.17, 15) is 0 Å². The number of fused-ring (bicyclic) bond motifs is 4. The Morgan fingerprint density at radius 1 is 0.926 bits per heavy atom. The van der Waals surface area contributed by atoms with E-state index in [0.29, 0.717) is 6.61 Å². The van der Waals surface area contributed by atoms with Gasteiger partial charge in [-0.2, -0.15) is 4.57 Å². The van der Waals surface area contributed by atoms with Gasteiger partial charge in [0, 0.05) is 12.5 Å². The zero-order valence-electron chi connectivity index (χ0n) is 16.2. The summed E-state index contributed by atoms with van der Waals surface area (Å²) in [6.07, 6.45) is 3.09.